The maximum Gasteiger partial charge on any atom is 0.0702 e. The molecule has 2 fully saturated rings. The molecule has 0 amide bonds. The number of nitrogens with one attached hydrogen (secondary N) is 1. The lowest BCUT2D eigenvalue weighted by Gasteiger charge is -2.44. The molecule has 1 N–H and O–H groups in total. The van der Waals surface area contributed by atoms with E-state index in [2.05, 4.69) is 46.4 Å². The topological polar surface area (TPSA) is 21.3 Å². The average Bonchev–Trinajstić information content (AvgIpc) is 2.43. The van der Waals surface area contributed by atoms with Crippen molar-refractivity contribution in [2.24, 2.45) is 0 Å². The summed E-state index contributed by atoms with van der Waals surface area (Å²) in [5.74, 6) is 0. The molecule has 1 aliphatic carbocycles. The summed E-state index contributed by atoms with van der Waals surface area (Å²) in [4.78, 5) is 0. The quantitative estimate of drug-likeness (QED) is 0.815. The molecule has 0 radical (unpaired) electrons. The zero-order valence-electron chi connectivity index (χ0n) is 12.3. The Morgan fingerprint density at radius 2 is 2.05 bits per heavy atom. The number of hydrogen-bond donors (Lipinski definition) is 1. The summed E-state index contributed by atoms with van der Waals surface area (Å²) in [5, 5.41) is 3.75. The van der Waals surface area contributed by atoms with Crippen LogP contribution in [0.1, 0.15) is 50.5 Å². The summed E-state index contributed by atoms with van der Waals surface area (Å²) in [6.07, 6.45) is 8.86. The molecule has 1 aliphatic heterocycles. The first-order chi connectivity index (χ1) is 9.67. The number of ether oxygens (including phenoxy) is 1. The van der Waals surface area contributed by atoms with Crippen LogP contribution in [0.15, 0.2) is 22.7 Å². The van der Waals surface area contributed by atoms with Crippen LogP contribution in [0.3, 0.4) is 0 Å². The van der Waals surface area contributed by atoms with E-state index in [-0.39, 0.29) is 5.60 Å². The van der Waals surface area contributed by atoms with E-state index in [0.717, 1.165) is 17.5 Å². The van der Waals surface area contributed by atoms with Gasteiger partial charge in [-0.05, 0) is 56.4 Å². The van der Waals surface area contributed by atoms with Crippen LogP contribution in [0.5, 0.6) is 0 Å². The Morgan fingerprint density at radius 3 is 2.80 bits per heavy atom. The lowest BCUT2D eigenvalue weighted by molar-refractivity contribution is -0.103. The van der Waals surface area contributed by atoms with Crippen LogP contribution >= 0.6 is 15.9 Å². The third-order valence-corrected chi connectivity index (χ3v) is 5.30. The Balaban J connectivity index is 1.68. The number of rotatable bonds is 2. The highest BCUT2D eigenvalue weighted by molar-refractivity contribution is 9.10. The molecule has 3 heteroatoms. The Labute approximate surface area is 130 Å². The first-order valence-corrected chi connectivity index (χ1v) is 8.63. The minimum atomic E-state index is 0.178. The maximum absolute atomic E-state index is 6.18. The first kappa shape index (κ1) is 14.4. The molecule has 110 valence electrons. The van der Waals surface area contributed by atoms with Crippen molar-refractivity contribution in [3.8, 4) is 0 Å². The van der Waals surface area contributed by atoms with Gasteiger partial charge in [-0.25, -0.2) is 0 Å². The molecule has 3 rings (SSSR count). The van der Waals surface area contributed by atoms with Crippen LogP contribution in [0, 0.1) is 6.92 Å². The van der Waals surface area contributed by atoms with Crippen molar-refractivity contribution in [3.63, 3.8) is 0 Å². The molecule has 1 saturated carbocycles. The molecule has 0 bridgehead atoms. The van der Waals surface area contributed by atoms with E-state index in [1.54, 1.807) is 0 Å². The van der Waals surface area contributed by atoms with E-state index >= 15 is 0 Å². The van der Waals surface area contributed by atoms with E-state index in [4.69, 9.17) is 4.74 Å². The Morgan fingerprint density at radius 1 is 1.25 bits per heavy atom. The number of hydrogen-bond acceptors (Lipinski definition) is 2. The summed E-state index contributed by atoms with van der Waals surface area (Å²) < 4.78 is 7.33. The van der Waals surface area contributed by atoms with Gasteiger partial charge in [0.25, 0.3) is 0 Å². The minimum absolute atomic E-state index is 0.178. The highest BCUT2D eigenvalue weighted by Gasteiger charge is 2.38. The molecule has 1 atom stereocenters. The molecule has 2 aliphatic rings. The molecule has 1 aromatic rings. The molecule has 20 heavy (non-hydrogen) atoms. The second-order valence-corrected chi connectivity index (χ2v) is 7.30. The van der Waals surface area contributed by atoms with E-state index < -0.39 is 0 Å². The van der Waals surface area contributed by atoms with Crippen molar-refractivity contribution in [3.05, 3.63) is 28.2 Å². The van der Waals surface area contributed by atoms with Crippen LogP contribution < -0.4 is 5.32 Å². The van der Waals surface area contributed by atoms with Crippen molar-refractivity contribution in [2.45, 2.75) is 63.5 Å². The molecule has 1 aromatic carbocycles. The van der Waals surface area contributed by atoms with Crippen molar-refractivity contribution >= 4 is 21.6 Å². The largest absolute Gasteiger partial charge is 0.382 e. The van der Waals surface area contributed by atoms with E-state index in [9.17, 15) is 0 Å². The Hall–Kier alpha value is -0.540. The van der Waals surface area contributed by atoms with Gasteiger partial charge in [-0.15, -0.1) is 0 Å². The SMILES string of the molecule is Cc1cc(Br)ccc1NC1CCOC2(CCCCC2)C1. The minimum Gasteiger partial charge on any atom is -0.382 e. The van der Waals surface area contributed by atoms with Gasteiger partial charge >= 0.3 is 0 Å². The number of halogens is 1. The van der Waals surface area contributed by atoms with Crippen molar-refractivity contribution in [1.82, 2.24) is 0 Å². The molecular weight excluding hydrogens is 314 g/mol. The molecule has 1 heterocycles. The molecule has 2 nitrogen and oxygen atoms in total. The molecule has 1 saturated heterocycles. The fourth-order valence-electron chi connectivity index (χ4n) is 3.70. The summed E-state index contributed by atoms with van der Waals surface area (Å²) in [5.41, 5.74) is 2.76. The van der Waals surface area contributed by atoms with Gasteiger partial charge in [0.1, 0.15) is 0 Å². The van der Waals surface area contributed by atoms with Gasteiger partial charge < -0.3 is 10.1 Å². The molecular formula is C17H24BrNO. The van der Waals surface area contributed by atoms with E-state index in [1.807, 2.05) is 0 Å². The Kier molecular flexibility index (Phi) is 4.37. The van der Waals surface area contributed by atoms with Crippen molar-refractivity contribution in [1.29, 1.82) is 0 Å². The molecule has 1 spiro atoms. The fourth-order valence-corrected chi connectivity index (χ4v) is 4.18. The predicted molar refractivity (Wildman–Crippen MR) is 87.3 cm³/mol. The van der Waals surface area contributed by atoms with Crippen LogP contribution in [0.4, 0.5) is 5.69 Å². The van der Waals surface area contributed by atoms with Gasteiger partial charge in [0.15, 0.2) is 0 Å². The van der Waals surface area contributed by atoms with Gasteiger partial charge in [-0.2, -0.15) is 0 Å². The normalized spacial score (nSPS) is 25.6. The van der Waals surface area contributed by atoms with E-state index in [0.29, 0.717) is 6.04 Å². The highest BCUT2D eigenvalue weighted by Crippen LogP contribution is 2.39. The molecule has 0 aromatic heterocycles. The first-order valence-electron chi connectivity index (χ1n) is 7.84. The molecule has 1 unspecified atom stereocenters. The Bertz CT molecular complexity index is 463. The van der Waals surface area contributed by atoms with Gasteiger partial charge in [-0.3, -0.25) is 0 Å². The summed E-state index contributed by atoms with van der Waals surface area (Å²) in [6.45, 7) is 3.08. The number of aryl methyl sites for hydroxylation is 1. The zero-order chi connectivity index (χ0) is 14.0. The zero-order valence-corrected chi connectivity index (χ0v) is 13.8. The summed E-state index contributed by atoms with van der Waals surface area (Å²) in [6, 6.07) is 7.03. The van der Waals surface area contributed by atoms with E-state index in [1.165, 1.54) is 49.8 Å². The monoisotopic (exact) mass is 337 g/mol. The lowest BCUT2D eigenvalue weighted by Crippen LogP contribution is -2.45. The standard InChI is InChI=1S/C17H24BrNO/c1-13-11-14(18)5-6-16(13)19-15-7-10-20-17(12-15)8-3-2-4-9-17/h5-6,11,15,19H,2-4,7-10,12H2,1H3. The van der Waals surface area contributed by atoms with Gasteiger partial charge in [0, 0.05) is 22.8 Å². The lowest BCUT2D eigenvalue weighted by atomic mass is 9.78. The summed E-state index contributed by atoms with van der Waals surface area (Å²) >= 11 is 3.53. The third kappa shape index (κ3) is 3.20. The smallest absolute Gasteiger partial charge is 0.0702 e. The highest BCUT2D eigenvalue weighted by atomic mass is 79.9. The maximum atomic E-state index is 6.18. The third-order valence-electron chi connectivity index (χ3n) is 4.81. The summed E-state index contributed by atoms with van der Waals surface area (Å²) in [7, 11) is 0. The second kappa shape index (κ2) is 6.07. The number of benzene rings is 1. The average molecular weight is 338 g/mol. The predicted octanol–water partition coefficient (Wildman–Crippen LogP) is 5.05. The van der Waals surface area contributed by atoms with Gasteiger partial charge in [-0.1, -0.05) is 35.2 Å². The van der Waals surface area contributed by atoms with Crippen molar-refractivity contribution in [2.75, 3.05) is 11.9 Å². The van der Waals surface area contributed by atoms with Crippen LogP contribution in [-0.2, 0) is 4.74 Å². The number of anilines is 1. The van der Waals surface area contributed by atoms with Crippen LogP contribution in [-0.4, -0.2) is 18.2 Å². The van der Waals surface area contributed by atoms with Gasteiger partial charge in [0.05, 0.1) is 5.60 Å². The van der Waals surface area contributed by atoms with Crippen LogP contribution in [0.25, 0.3) is 0 Å². The van der Waals surface area contributed by atoms with Crippen molar-refractivity contribution < 1.29 is 4.74 Å². The second-order valence-electron chi connectivity index (χ2n) is 6.39. The van der Waals surface area contributed by atoms with Crippen LogP contribution in [0.2, 0.25) is 0 Å². The van der Waals surface area contributed by atoms with Gasteiger partial charge in [0.2, 0.25) is 0 Å². The fraction of sp³-hybridized carbons (Fsp3) is 0.647.